The minimum atomic E-state index is -0.203. The number of rotatable bonds is 3. The predicted octanol–water partition coefficient (Wildman–Crippen LogP) is 1.46. The summed E-state index contributed by atoms with van der Waals surface area (Å²) in [6, 6.07) is -0.132. The van der Waals surface area contributed by atoms with E-state index in [0.29, 0.717) is 10.7 Å². The van der Waals surface area contributed by atoms with Crippen LogP contribution in [0, 0.1) is 6.92 Å². The molecule has 1 unspecified atom stereocenters. The average molecular weight is 265 g/mol. The van der Waals surface area contributed by atoms with E-state index in [1.165, 1.54) is 11.3 Å². The van der Waals surface area contributed by atoms with Crippen molar-refractivity contribution in [2.75, 3.05) is 5.32 Å². The number of carbonyl (C=O) groups excluding carboxylic acids is 1. The van der Waals surface area contributed by atoms with Crippen molar-refractivity contribution in [3.63, 3.8) is 0 Å². The van der Waals surface area contributed by atoms with E-state index in [1.54, 1.807) is 17.9 Å². The number of nitrogens with one attached hydrogen (secondary N) is 1. The Kier molecular flexibility index (Phi) is 3.44. The second kappa shape index (κ2) is 4.87. The summed E-state index contributed by atoms with van der Waals surface area (Å²) in [4.78, 5) is 16.2. The zero-order valence-corrected chi connectivity index (χ0v) is 11.3. The van der Waals surface area contributed by atoms with Crippen LogP contribution in [-0.4, -0.2) is 20.7 Å². The van der Waals surface area contributed by atoms with E-state index in [-0.39, 0.29) is 11.9 Å². The Morgan fingerprint density at radius 3 is 2.83 bits per heavy atom. The van der Waals surface area contributed by atoms with Crippen LogP contribution in [0.15, 0.2) is 11.6 Å². The van der Waals surface area contributed by atoms with E-state index in [4.69, 9.17) is 5.73 Å². The summed E-state index contributed by atoms with van der Waals surface area (Å²) in [5, 5.41) is 9.17. The number of nitrogens with zero attached hydrogens (tertiary/aromatic N) is 3. The standard InChI is InChI=1S/C11H15N5OS/c1-6(12)9-5-18-11(14-9)15-10(17)8-4-13-16(3)7(8)2/h4-6H,12H2,1-3H3,(H,14,15,17). The fourth-order valence-corrected chi connectivity index (χ4v) is 2.25. The van der Waals surface area contributed by atoms with Crippen molar-refractivity contribution < 1.29 is 4.79 Å². The number of aromatic nitrogens is 3. The van der Waals surface area contributed by atoms with Crippen molar-refractivity contribution in [1.29, 1.82) is 0 Å². The third-order valence-corrected chi connectivity index (χ3v) is 3.46. The molecule has 1 amide bonds. The van der Waals surface area contributed by atoms with Gasteiger partial charge in [0.05, 0.1) is 17.5 Å². The first kappa shape index (κ1) is 12.7. The Morgan fingerprint density at radius 2 is 2.33 bits per heavy atom. The van der Waals surface area contributed by atoms with Gasteiger partial charge in [-0.1, -0.05) is 0 Å². The Morgan fingerprint density at radius 1 is 1.61 bits per heavy atom. The van der Waals surface area contributed by atoms with E-state index >= 15 is 0 Å². The maximum absolute atomic E-state index is 12.0. The lowest BCUT2D eigenvalue weighted by Gasteiger charge is -2.01. The molecule has 2 aromatic heterocycles. The minimum absolute atomic E-state index is 0.132. The number of hydrogen-bond acceptors (Lipinski definition) is 5. The largest absolute Gasteiger partial charge is 0.323 e. The summed E-state index contributed by atoms with van der Waals surface area (Å²) < 4.78 is 1.66. The number of amides is 1. The van der Waals surface area contributed by atoms with Crippen LogP contribution in [0.5, 0.6) is 0 Å². The normalized spacial score (nSPS) is 12.4. The molecule has 0 spiro atoms. The molecule has 6 nitrogen and oxygen atoms in total. The molecule has 0 radical (unpaired) electrons. The second-order valence-electron chi connectivity index (χ2n) is 4.09. The Balaban J connectivity index is 2.14. The highest BCUT2D eigenvalue weighted by atomic mass is 32.1. The first-order valence-electron chi connectivity index (χ1n) is 5.50. The van der Waals surface area contributed by atoms with Crippen LogP contribution in [-0.2, 0) is 7.05 Å². The van der Waals surface area contributed by atoms with Crippen LogP contribution >= 0.6 is 11.3 Å². The molecule has 2 rings (SSSR count). The van der Waals surface area contributed by atoms with Crippen molar-refractivity contribution in [2.24, 2.45) is 12.8 Å². The fraction of sp³-hybridized carbons (Fsp3) is 0.364. The van der Waals surface area contributed by atoms with Gasteiger partial charge in [0.2, 0.25) is 0 Å². The van der Waals surface area contributed by atoms with E-state index in [0.717, 1.165) is 11.4 Å². The molecule has 0 aliphatic carbocycles. The summed E-state index contributed by atoms with van der Waals surface area (Å²) in [7, 11) is 1.80. The van der Waals surface area contributed by atoms with Gasteiger partial charge >= 0.3 is 0 Å². The number of thiazole rings is 1. The molecule has 2 aromatic rings. The third kappa shape index (κ3) is 2.41. The number of carbonyl (C=O) groups is 1. The highest BCUT2D eigenvalue weighted by Crippen LogP contribution is 2.20. The van der Waals surface area contributed by atoms with Gasteiger partial charge in [0.15, 0.2) is 5.13 Å². The maximum Gasteiger partial charge on any atom is 0.260 e. The molecule has 0 aromatic carbocycles. The van der Waals surface area contributed by atoms with Crippen molar-refractivity contribution in [2.45, 2.75) is 19.9 Å². The summed E-state index contributed by atoms with van der Waals surface area (Å²) in [6.07, 6.45) is 1.55. The molecule has 1 atom stereocenters. The smallest absolute Gasteiger partial charge is 0.260 e. The fourth-order valence-electron chi connectivity index (χ4n) is 1.44. The molecule has 2 heterocycles. The van der Waals surface area contributed by atoms with E-state index in [2.05, 4.69) is 15.4 Å². The lowest BCUT2D eigenvalue weighted by molar-refractivity contribution is 0.102. The van der Waals surface area contributed by atoms with Gasteiger partial charge in [-0.25, -0.2) is 4.98 Å². The van der Waals surface area contributed by atoms with Gasteiger partial charge in [-0.15, -0.1) is 11.3 Å². The van der Waals surface area contributed by atoms with Gasteiger partial charge in [-0.3, -0.25) is 14.8 Å². The molecule has 0 bridgehead atoms. The van der Waals surface area contributed by atoms with Crippen LogP contribution in [0.25, 0.3) is 0 Å². The van der Waals surface area contributed by atoms with Gasteiger partial charge in [-0.2, -0.15) is 5.10 Å². The quantitative estimate of drug-likeness (QED) is 0.879. The summed E-state index contributed by atoms with van der Waals surface area (Å²) >= 11 is 1.36. The molecule has 0 aliphatic rings. The molecular formula is C11H15N5OS. The third-order valence-electron chi connectivity index (χ3n) is 2.69. The highest BCUT2D eigenvalue weighted by molar-refractivity contribution is 7.14. The Labute approximate surface area is 109 Å². The zero-order valence-electron chi connectivity index (χ0n) is 10.5. The van der Waals surface area contributed by atoms with Crippen LogP contribution in [0.3, 0.4) is 0 Å². The molecule has 18 heavy (non-hydrogen) atoms. The van der Waals surface area contributed by atoms with Gasteiger partial charge in [0, 0.05) is 24.2 Å². The van der Waals surface area contributed by atoms with Crippen LogP contribution in [0.4, 0.5) is 5.13 Å². The van der Waals surface area contributed by atoms with Gasteiger partial charge in [-0.05, 0) is 13.8 Å². The molecule has 0 saturated heterocycles. The second-order valence-corrected chi connectivity index (χ2v) is 4.95. The SMILES string of the molecule is Cc1c(C(=O)Nc2nc(C(C)N)cs2)cnn1C. The molecule has 0 aliphatic heterocycles. The van der Waals surface area contributed by atoms with Gasteiger partial charge < -0.3 is 5.73 Å². The number of aryl methyl sites for hydroxylation is 1. The number of hydrogen-bond donors (Lipinski definition) is 2. The minimum Gasteiger partial charge on any atom is -0.323 e. The molecule has 0 saturated carbocycles. The summed E-state index contributed by atoms with van der Waals surface area (Å²) in [5.74, 6) is -0.203. The number of anilines is 1. The lowest BCUT2D eigenvalue weighted by Crippen LogP contribution is -2.13. The lowest BCUT2D eigenvalue weighted by atomic mass is 10.2. The zero-order chi connectivity index (χ0) is 13.3. The van der Waals surface area contributed by atoms with Crippen LogP contribution in [0.2, 0.25) is 0 Å². The molecule has 0 fully saturated rings. The van der Waals surface area contributed by atoms with Crippen LogP contribution < -0.4 is 11.1 Å². The average Bonchev–Trinajstić information content (AvgIpc) is 2.88. The Hall–Kier alpha value is -1.73. The van der Waals surface area contributed by atoms with E-state index < -0.39 is 0 Å². The van der Waals surface area contributed by atoms with Crippen molar-refractivity contribution >= 4 is 22.4 Å². The highest BCUT2D eigenvalue weighted by Gasteiger charge is 2.15. The maximum atomic E-state index is 12.0. The van der Waals surface area contributed by atoms with E-state index in [9.17, 15) is 4.79 Å². The van der Waals surface area contributed by atoms with Crippen molar-refractivity contribution in [3.05, 3.63) is 28.5 Å². The molecule has 96 valence electrons. The van der Waals surface area contributed by atoms with Crippen LogP contribution in [0.1, 0.15) is 34.7 Å². The Bertz CT molecular complexity index is 572. The van der Waals surface area contributed by atoms with E-state index in [1.807, 2.05) is 19.2 Å². The van der Waals surface area contributed by atoms with Crippen molar-refractivity contribution in [3.8, 4) is 0 Å². The number of nitrogens with two attached hydrogens (primary N) is 1. The van der Waals surface area contributed by atoms with Crippen molar-refractivity contribution in [1.82, 2.24) is 14.8 Å². The molecule has 7 heteroatoms. The summed E-state index contributed by atoms with van der Waals surface area (Å²) in [6.45, 7) is 3.70. The first-order valence-corrected chi connectivity index (χ1v) is 6.38. The molecule has 3 N–H and O–H groups in total. The topological polar surface area (TPSA) is 85.8 Å². The molecular weight excluding hydrogens is 250 g/mol. The summed E-state index contributed by atoms with van der Waals surface area (Å²) in [5.41, 5.74) is 7.86. The van der Waals surface area contributed by atoms with Gasteiger partial charge in [0.25, 0.3) is 5.91 Å². The van der Waals surface area contributed by atoms with Gasteiger partial charge in [0.1, 0.15) is 0 Å². The predicted molar refractivity (Wildman–Crippen MR) is 70.6 cm³/mol. The first-order chi connectivity index (χ1) is 8.49. The monoisotopic (exact) mass is 265 g/mol.